The lowest BCUT2D eigenvalue weighted by atomic mass is 10.0. The number of fused-ring (bicyclic) bond motifs is 3. The van der Waals surface area contributed by atoms with Gasteiger partial charge in [-0.3, -0.25) is 14.3 Å². The molecule has 1 saturated heterocycles. The van der Waals surface area contributed by atoms with Gasteiger partial charge in [-0.1, -0.05) is 35.3 Å². The minimum atomic E-state index is -0.106. The van der Waals surface area contributed by atoms with Crippen molar-refractivity contribution >= 4 is 56.5 Å². The standard InChI is InChI=1S/C27H24Cl2N4O2S/c1-31-24-6-3-16(23-15-36-25(30-23)14-33-7-9-35-10-8-33)11-19(24)20-13-21(27(34)32(2)26(20)31)18-5-4-17(28)12-22(18)29/h3-6,11-13,15H,7-10,14H2,1-2H3. The predicted molar refractivity (Wildman–Crippen MR) is 148 cm³/mol. The Balaban J connectivity index is 1.47. The smallest absolute Gasteiger partial charge is 0.259 e. The Labute approximate surface area is 222 Å². The summed E-state index contributed by atoms with van der Waals surface area (Å²) in [5.41, 5.74) is 5.03. The maximum atomic E-state index is 13.3. The van der Waals surface area contributed by atoms with Gasteiger partial charge in [-0.2, -0.15) is 0 Å². The number of aromatic nitrogens is 3. The molecule has 6 rings (SSSR count). The van der Waals surface area contributed by atoms with Gasteiger partial charge in [-0.05, 0) is 30.3 Å². The zero-order chi connectivity index (χ0) is 25.0. The molecule has 0 amide bonds. The molecule has 0 aliphatic carbocycles. The van der Waals surface area contributed by atoms with Crippen LogP contribution in [-0.4, -0.2) is 45.3 Å². The Bertz CT molecular complexity index is 1680. The summed E-state index contributed by atoms with van der Waals surface area (Å²) in [4.78, 5) is 20.6. The van der Waals surface area contributed by atoms with Gasteiger partial charge in [0.2, 0.25) is 0 Å². The van der Waals surface area contributed by atoms with Crippen LogP contribution in [0.4, 0.5) is 0 Å². The van der Waals surface area contributed by atoms with Crippen molar-refractivity contribution in [3.63, 3.8) is 0 Å². The molecular formula is C27H24Cl2N4O2S. The third-order valence-corrected chi connectivity index (χ3v) is 8.26. The van der Waals surface area contributed by atoms with Crippen molar-refractivity contribution in [2.75, 3.05) is 26.3 Å². The second-order valence-corrected chi connectivity index (χ2v) is 10.9. The number of hydrogen-bond acceptors (Lipinski definition) is 5. The molecular weight excluding hydrogens is 515 g/mol. The van der Waals surface area contributed by atoms with Gasteiger partial charge in [0.1, 0.15) is 10.7 Å². The lowest BCUT2D eigenvalue weighted by molar-refractivity contribution is 0.0342. The van der Waals surface area contributed by atoms with E-state index in [1.54, 1.807) is 41.2 Å². The molecule has 2 aromatic carbocycles. The topological polar surface area (TPSA) is 52.3 Å². The Morgan fingerprint density at radius 2 is 1.78 bits per heavy atom. The van der Waals surface area contributed by atoms with Crippen LogP contribution < -0.4 is 5.56 Å². The number of nitrogens with zero attached hydrogens (tertiary/aromatic N) is 4. The van der Waals surface area contributed by atoms with Crippen LogP contribution in [0.25, 0.3) is 44.3 Å². The van der Waals surface area contributed by atoms with Crippen LogP contribution in [0.5, 0.6) is 0 Å². The highest BCUT2D eigenvalue weighted by molar-refractivity contribution is 7.09. The molecule has 5 aromatic rings. The maximum absolute atomic E-state index is 13.3. The van der Waals surface area contributed by atoms with Crippen molar-refractivity contribution in [2.45, 2.75) is 6.54 Å². The van der Waals surface area contributed by atoms with Crippen molar-refractivity contribution < 1.29 is 4.74 Å². The first-order chi connectivity index (χ1) is 17.4. The van der Waals surface area contributed by atoms with Crippen LogP contribution >= 0.6 is 34.5 Å². The van der Waals surface area contributed by atoms with Crippen molar-refractivity contribution in [1.29, 1.82) is 0 Å². The Morgan fingerprint density at radius 1 is 0.972 bits per heavy atom. The Hall–Kier alpha value is -2.68. The van der Waals surface area contributed by atoms with Gasteiger partial charge in [0.05, 0.1) is 36.0 Å². The van der Waals surface area contributed by atoms with E-state index in [0.29, 0.717) is 21.2 Å². The minimum absolute atomic E-state index is 0.106. The number of halogens is 2. The molecule has 4 heterocycles. The van der Waals surface area contributed by atoms with Gasteiger partial charge in [0.25, 0.3) is 5.56 Å². The zero-order valence-electron chi connectivity index (χ0n) is 19.9. The molecule has 9 heteroatoms. The normalized spacial score (nSPS) is 14.8. The molecule has 0 unspecified atom stereocenters. The van der Waals surface area contributed by atoms with E-state index < -0.39 is 0 Å². The lowest BCUT2D eigenvalue weighted by Gasteiger charge is -2.25. The summed E-state index contributed by atoms with van der Waals surface area (Å²) in [7, 11) is 3.79. The average molecular weight is 539 g/mol. The van der Waals surface area contributed by atoms with Gasteiger partial charge < -0.3 is 9.30 Å². The highest BCUT2D eigenvalue weighted by atomic mass is 35.5. The first kappa shape index (κ1) is 23.7. The molecule has 6 nitrogen and oxygen atoms in total. The van der Waals surface area contributed by atoms with E-state index in [2.05, 4.69) is 33.0 Å². The first-order valence-corrected chi connectivity index (χ1v) is 13.4. The summed E-state index contributed by atoms with van der Waals surface area (Å²) in [5.74, 6) is 0. The van der Waals surface area contributed by atoms with Gasteiger partial charge >= 0.3 is 0 Å². The number of pyridine rings is 1. The van der Waals surface area contributed by atoms with E-state index in [0.717, 1.165) is 71.0 Å². The Kier molecular flexibility index (Phi) is 6.14. The minimum Gasteiger partial charge on any atom is -0.379 e. The summed E-state index contributed by atoms with van der Waals surface area (Å²) in [6.45, 7) is 4.28. The molecule has 0 saturated carbocycles. The summed E-state index contributed by atoms with van der Waals surface area (Å²) in [6, 6.07) is 13.5. The molecule has 184 valence electrons. The fourth-order valence-electron chi connectivity index (χ4n) is 5.02. The van der Waals surface area contributed by atoms with Crippen LogP contribution in [-0.2, 0) is 25.4 Å². The predicted octanol–water partition coefficient (Wildman–Crippen LogP) is 5.96. The number of morpholine rings is 1. The lowest BCUT2D eigenvalue weighted by Crippen LogP contribution is -2.35. The van der Waals surface area contributed by atoms with E-state index in [1.165, 1.54) is 0 Å². The van der Waals surface area contributed by atoms with E-state index in [9.17, 15) is 4.79 Å². The molecule has 0 atom stereocenters. The third kappa shape index (κ3) is 4.05. The van der Waals surface area contributed by atoms with Gasteiger partial charge in [-0.15, -0.1) is 11.3 Å². The number of ether oxygens (including phenoxy) is 1. The molecule has 0 bridgehead atoms. The number of aryl methyl sites for hydroxylation is 2. The molecule has 1 fully saturated rings. The van der Waals surface area contributed by atoms with Crippen molar-refractivity contribution in [3.8, 4) is 22.4 Å². The van der Waals surface area contributed by atoms with Crippen LogP contribution in [0.2, 0.25) is 10.0 Å². The number of rotatable bonds is 4. The van der Waals surface area contributed by atoms with Crippen molar-refractivity contribution in [3.05, 3.63) is 73.3 Å². The fraction of sp³-hybridized carbons (Fsp3) is 0.259. The number of benzene rings is 2. The van der Waals surface area contributed by atoms with Crippen LogP contribution in [0.15, 0.2) is 52.6 Å². The molecule has 1 aliphatic heterocycles. The molecule has 0 N–H and O–H groups in total. The first-order valence-electron chi connectivity index (χ1n) is 11.7. The molecule has 0 radical (unpaired) electrons. The highest BCUT2D eigenvalue weighted by Crippen LogP contribution is 2.35. The van der Waals surface area contributed by atoms with E-state index in [1.807, 2.05) is 13.1 Å². The molecule has 0 spiro atoms. The van der Waals surface area contributed by atoms with E-state index in [4.69, 9.17) is 32.9 Å². The molecule has 36 heavy (non-hydrogen) atoms. The van der Waals surface area contributed by atoms with Gasteiger partial charge in [0.15, 0.2) is 0 Å². The van der Waals surface area contributed by atoms with Gasteiger partial charge in [-0.25, -0.2) is 4.98 Å². The summed E-state index contributed by atoms with van der Waals surface area (Å²) in [5, 5.41) is 6.27. The SMILES string of the molecule is Cn1c(=O)c(-c2ccc(Cl)cc2Cl)cc2c3cc(-c4csc(CN5CCOCC5)n4)ccc3n(C)c21. The fourth-order valence-corrected chi connectivity index (χ4v) is 6.37. The average Bonchev–Trinajstić information content (AvgIpc) is 3.45. The quantitative estimate of drug-likeness (QED) is 0.283. The second-order valence-electron chi connectivity index (χ2n) is 9.09. The zero-order valence-corrected chi connectivity index (χ0v) is 22.3. The summed E-state index contributed by atoms with van der Waals surface area (Å²) < 4.78 is 9.22. The summed E-state index contributed by atoms with van der Waals surface area (Å²) >= 11 is 14.3. The van der Waals surface area contributed by atoms with Crippen molar-refractivity contribution in [2.24, 2.45) is 14.1 Å². The molecule has 1 aliphatic rings. The summed E-state index contributed by atoms with van der Waals surface area (Å²) in [6.07, 6.45) is 0. The number of thiazole rings is 1. The second kappa shape index (κ2) is 9.32. The van der Waals surface area contributed by atoms with Crippen LogP contribution in [0.3, 0.4) is 0 Å². The largest absolute Gasteiger partial charge is 0.379 e. The van der Waals surface area contributed by atoms with Gasteiger partial charge in [0, 0.05) is 65.1 Å². The molecule has 3 aromatic heterocycles. The van der Waals surface area contributed by atoms with Crippen molar-refractivity contribution in [1.82, 2.24) is 19.0 Å². The Morgan fingerprint density at radius 3 is 2.56 bits per heavy atom. The van der Waals surface area contributed by atoms with E-state index in [-0.39, 0.29) is 5.56 Å². The van der Waals surface area contributed by atoms with Crippen LogP contribution in [0.1, 0.15) is 5.01 Å². The third-order valence-electron chi connectivity index (χ3n) is 6.88. The maximum Gasteiger partial charge on any atom is 0.259 e. The monoisotopic (exact) mass is 538 g/mol. The highest BCUT2D eigenvalue weighted by Gasteiger charge is 2.19. The van der Waals surface area contributed by atoms with Crippen LogP contribution in [0, 0.1) is 0 Å². The number of hydrogen-bond donors (Lipinski definition) is 0. The van der Waals surface area contributed by atoms with E-state index >= 15 is 0 Å².